The number of urea groups is 1. The van der Waals surface area contributed by atoms with Crippen molar-refractivity contribution in [3.8, 4) is 0 Å². The first kappa shape index (κ1) is 15.0. The summed E-state index contributed by atoms with van der Waals surface area (Å²) < 4.78 is 0. The SMILES string of the molecule is Cc1cccc(NC(=O)NC(C)CCCC(=O)O)c1. The zero-order chi connectivity index (χ0) is 14.3. The van der Waals surface area contributed by atoms with Crippen LogP contribution < -0.4 is 10.6 Å². The van der Waals surface area contributed by atoms with Crippen LogP contribution in [0.15, 0.2) is 24.3 Å². The second-order valence-corrected chi connectivity index (χ2v) is 4.65. The number of carboxylic acids is 1. The van der Waals surface area contributed by atoms with Gasteiger partial charge in [0.25, 0.3) is 0 Å². The summed E-state index contributed by atoms with van der Waals surface area (Å²) in [7, 11) is 0. The molecule has 0 bridgehead atoms. The van der Waals surface area contributed by atoms with E-state index >= 15 is 0 Å². The Morgan fingerprint density at radius 1 is 1.37 bits per heavy atom. The number of carboxylic acid groups (broad SMARTS) is 1. The molecule has 0 aliphatic rings. The summed E-state index contributed by atoms with van der Waals surface area (Å²) in [5.74, 6) is -0.809. The lowest BCUT2D eigenvalue weighted by Crippen LogP contribution is -2.36. The molecule has 19 heavy (non-hydrogen) atoms. The third kappa shape index (κ3) is 6.45. The fraction of sp³-hybridized carbons (Fsp3) is 0.429. The van der Waals surface area contributed by atoms with Crippen LogP contribution in [0.1, 0.15) is 31.7 Å². The molecule has 104 valence electrons. The Bertz CT molecular complexity index is 446. The number of aliphatic carboxylic acids is 1. The fourth-order valence-electron chi connectivity index (χ4n) is 1.75. The van der Waals surface area contributed by atoms with Crippen LogP contribution in [0.5, 0.6) is 0 Å². The topological polar surface area (TPSA) is 78.4 Å². The normalized spacial score (nSPS) is 11.7. The van der Waals surface area contributed by atoms with E-state index in [2.05, 4.69) is 10.6 Å². The monoisotopic (exact) mass is 264 g/mol. The largest absolute Gasteiger partial charge is 0.481 e. The molecule has 0 aromatic heterocycles. The number of anilines is 1. The number of benzene rings is 1. The van der Waals surface area contributed by atoms with Gasteiger partial charge < -0.3 is 15.7 Å². The van der Waals surface area contributed by atoms with Crippen LogP contribution in [0, 0.1) is 6.92 Å². The van der Waals surface area contributed by atoms with Crippen molar-refractivity contribution < 1.29 is 14.7 Å². The van der Waals surface area contributed by atoms with E-state index in [4.69, 9.17) is 5.11 Å². The summed E-state index contributed by atoms with van der Waals surface area (Å²) in [5.41, 5.74) is 1.82. The number of hydrogen-bond acceptors (Lipinski definition) is 2. The molecule has 0 saturated carbocycles. The van der Waals surface area contributed by atoms with Gasteiger partial charge in [0.15, 0.2) is 0 Å². The van der Waals surface area contributed by atoms with Crippen molar-refractivity contribution in [1.82, 2.24) is 5.32 Å². The van der Waals surface area contributed by atoms with Gasteiger partial charge in [0.1, 0.15) is 0 Å². The lowest BCUT2D eigenvalue weighted by Gasteiger charge is -2.14. The van der Waals surface area contributed by atoms with Crippen LogP contribution >= 0.6 is 0 Å². The predicted octanol–water partition coefficient (Wildman–Crippen LogP) is 2.76. The van der Waals surface area contributed by atoms with Crippen molar-refractivity contribution in [3.05, 3.63) is 29.8 Å². The highest BCUT2D eigenvalue weighted by Gasteiger charge is 2.08. The predicted molar refractivity (Wildman–Crippen MR) is 74.3 cm³/mol. The number of aryl methyl sites for hydroxylation is 1. The van der Waals surface area contributed by atoms with Crippen molar-refractivity contribution in [2.45, 2.75) is 39.2 Å². The molecule has 1 atom stereocenters. The van der Waals surface area contributed by atoms with Crippen LogP contribution in [0.25, 0.3) is 0 Å². The highest BCUT2D eigenvalue weighted by atomic mass is 16.4. The van der Waals surface area contributed by atoms with E-state index in [0.717, 1.165) is 11.3 Å². The summed E-state index contributed by atoms with van der Waals surface area (Å²) in [4.78, 5) is 22.1. The zero-order valence-corrected chi connectivity index (χ0v) is 11.3. The van der Waals surface area contributed by atoms with Gasteiger partial charge in [-0.3, -0.25) is 4.79 Å². The van der Waals surface area contributed by atoms with Gasteiger partial charge in [0.05, 0.1) is 0 Å². The van der Waals surface area contributed by atoms with Gasteiger partial charge in [-0.15, -0.1) is 0 Å². The van der Waals surface area contributed by atoms with Gasteiger partial charge in [0.2, 0.25) is 0 Å². The number of carbonyl (C=O) groups is 2. The molecular weight excluding hydrogens is 244 g/mol. The van der Waals surface area contributed by atoms with E-state index in [9.17, 15) is 9.59 Å². The second kappa shape index (κ2) is 7.41. The number of rotatable bonds is 6. The molecule has 2 amide bonds. The quantitative estimate of drug-likeness (QED) is 0.739. The van der Waals surface area contributed by atoms with Crippen LogP contribution in [-0.4, -0.2) is 23.1 Å². The first-order valence-corrected chi connectivity index (χ1v) is 6.33. The van der Waals surface area contributed by atoms with Crippen LogP contribution in [-0.2, 0) is 4.79 Å². The van der Waals surface area contributed by atoms with Crippen molar-refractivity contribution in [2.75, 3.05) is 5.32 Å². The molecule has 0 fully saturated rings. The fourth-order valence-corrected chi connectivity index (χ4v) is 1.75. The molecule has 5 nitrogen and oxygen atoms in total. The summed E-state index contributed by atoms with van der Waals surface area (Å²) in [5, 5.41) is 14.1. The lowest BCUT2D eigenvalue weighted by atomic mass is 10.1. The first-order chi connectivity index (χ1) is 8.97. The lowest BCUT2D eigenvalue weighted by molar-refractivity contribution is -0.137. The highest BCUT2D eigenvalue weighted by molar-refractivity contribution is 5.89. The molecule has 1 aromatic carbocycles. The average molecular weight is 264 g/mol. The Kier molecular flexibility index (Phi) is 5.85. The molecule has 0 heterocycles. The minimum absolute atomic E-state index is 0.0517. The maximum atomic E-state index is 11.7. The van der Waals surface area contributed by atoms with Crippen molar-refractivity contribution in [2.24, 2.45) is 0 Å². The third-order valence-corrected chi connectivity index (χ3v) is 2.68. The maximum absolute atomic E-state index is 11.7. The summed E-state index contributed by atoms with van der Waals surface area (Å²) >= 11 is 0. The van der Waals surface area contributed by atoms with Crippen molar-refractivity contribution in [3.63, 3.8) is 0 Å². The van der Waals surface area contributed by atoms with Gasteiger partial charge in [-0.2, -0.15) is 0 Å². The Morgan fingerprint density at radius 2 is 2.11 bits per heavy atom. The van der Waals surface area contributed by atoms with E-state index < -0.39 is 5.97 Å². The van der Waals surface area contributed by atoms with Gasteiger partial charge in [-0.25, -0.2) is 4.79 Å². The van der Waals surface area contributed by atoms with Crippen LogP contribution in [0.4, 0.5) is 10.5 Å². The van der Waals surface area contributed by atoms with E-state index in [-0.39, 0.29) is 18.5 Å². The van der Waals surface area contributed by atoms with E-state index in [1.54, 1.807) is 0 Å². The average Bonchev–Trinajstić information content (AvgIpc) is 2.27. The van der Waals surface area contributed by atoms with Gasteiger partial charge in [0, 0.05) is 18.2 Å². The molecule has 0 aliphatic heterocycles. The van der Waals surface area contributed by atoms with Crippen LogP contribution in [0.3, 0.4) is 0 Å². The highest BCUT2D eigenvalue weighted by Crippen LogP contribution is 2.09. The summed E-state index contributed by atoms with van der Waals surface area (Å²) in [6.45, 7) is 3.81. The first-order valence-electron chi connectivity index (χ1n) is 6.33. The minimum atomic E-state index is -0.809. The molecule has 5 heteroatoms. The van der Waals surface area contributed by atoms with E-state index in [1.807, 2.05) is 38.1 Å². The molecule has 0 aliphatic carbocycles. The molecular formula is C14H20N2O3. The molecule has 0 saturated heterocycles. The molecule has 0 radical (unpaired) electrons. The Balaban J connectivity index is 2.32. The Hall–Kier alpha value is -2.04. The van der Waals surface area contributed by atoms with E-state index in [0.29, 0.717) is 12.8 Å². The van der Waals surface area contributed by atoms with Gasteiger partial charge in [-0.05, 0) is 44.4 Å². The molecule has 3 N–H and O–H groups in total. The zero-order valence-electron chi connectivity index (χ0n) is 11.3. The summed E-state index contributed by atoms with van der Waals surface area (Å²) in [6.07, 6.45) is 1.33. The second-order valence-electron chi connectivity index (χ2n) is 4.65. The number of hydrogen-bond donors (Lipinski definition) is 3. The van der Waals surface area contributed by atoms with Crippen molar-refractivity contribution in [1.29, 1.82) is 0 Å². The minimum Gasteiger partial charge on any atom is -0.481 e. The summed E-state index contributed by atoms with van der Waals surface area (Å²) in [6, 6.07) is 7.22. The number of carbonyl (C=O) groups excluding carboxylic acids is 1. The van der Waals surface area contributed by atoms with Gasteiger partial charge >= 0.3 is 12.0 Å². The Morgan fingerprint density at radius 3 is 2.74 bits per heavy atom. The van der Waals surface area contributed by atoms with Crippen LogP contribution in [0.2, 0.25) is 0 Å². The number of nitrogens with one attached hydrogen (secondary N) is 2. The molecule has 1 rings (SSSR count). The molecule has 1 aromatic rings. The van der Waals surface area contributed by atoms with E-state index in [1.165, 1.54) is 0 Å². The Labute approximate surface area is 113 Å². The molecule has 0 spiro atoms. The third-order valence-electron chi connectivity index (χ3n) is 2.68. The maximum Gasteiger partial charge on any atom is 0.319 e. The van der Waals surface area contributed by atoms with Gasteiger partial charge in [-0.1, -0.05) is 12.1 Å². The van der Waals surface area contributed by atoms with Crippen molar-refractivity contribution >= 4 is 17.7 Å². The smallest absolute Gasteiger partial charge is 0.319 e. The standard InChI is InChI=1S/C14H20N2O3/c1-10-5-3-7-12(9-10)16-14(19)15-11(2)6-4-8-13(17)18/h3,5,7,9,11H,4,6,8H2,1-2H3,(H,17,18)(H2,15,16,19). The number of amides is 2. The molecule has 1 unspecified atom stereocenters.